The van der Waals surface area contributed by atoms with Crippen molar-refractivity contribution in [3.05, 3.63) is 17.0 Å². The Balaban J connectivity index is 0.00000264. The van der Waals surface area contributed by atoms with Crippen molar-refractivity contribution in [2.75, 3.05) is 19.7 Å². The lowest BCUT2D eigenvalue weighted by atomic mass is 10.1. The number of hydrogen-bond donors (Lipinski definition) is 2. The van der Waals surface area contributed by atoms with Gasteiger partial charge in [-0.2, -0.15) is 0 Å². The van der Waals surface area contributed by atoms with E-state index in [1.54, 1.807) is 0 Å². The normalized spacial score (nSPS) is 17.9. The Morgan fingerprint density at radius 3 is 2.70 bits per heavy atom. The third kappa shape index (κ3) is 5.95. The highest BCUT2D eigenvalue weighted by Gasteiger charge is 2.16. The fraction of sp³-hybridized carbons (Fsp3) is 0.750. The number of guanidine groups is 1. The molecular weight excluding hydrogens is 407 g/mol. The summed E-state index contributed by atoms with van der Waals surface area (Å²) >= 11 is 0. The second-order valence-electron chi connectivity index (χ2n) is 5.45. The smallest absolute Gasteiger partial charge is 0.191 e. The molecule has 6 nitrogen and oxygen atoms in total. The molecule has 132 valence electrons. The summed E-state index contributed by atoms with van der Waals surface area (Å²) in [5.74, 6) is 1.76. The molecule has 7 heteroatoms. The molecule has 1 aliphatic heterocycles. The summed E-state index contributed by atoms with van der Waals surface area (Å²) in [7, 11) is 0. The lowest BCUT2D eigenvalue weighted by molar-refractivity contribution is 0.114. The average Bonchev–Trinajstić information content (AvgIpc) is 3.18. The summed E-state index contributed by atoms with van der Waals surface area (Å²) in [6.45, 7) is 9.34. The van der Waals surface area contributed by atoms with E-state index in [-0.39, 0.29) is 24.0 Å². The summed E-state index contributed by atoms with van der Waals surface area (Å²) in [4.78, 5) is 4.67. The Bertz CT molecular complexity index is 463. The standard InChI is InChI=1S/C16H28N4O2.HI/c1-4-14-13(15(5-2)22-20-14)11-19-16(17-6-3)18-10-12-8-7-9-21-12;/h12H,4-11H2,1-3H3,(H2,17,18,19);1H. The molecule has 2 N–H and O–H groups in total. The first-order chi connectivity index (χ1) is 10.8. The monoisotopic (exact) mass is 436 g/mol. The minimum Gasteiger partial charge on any atom is -0.376 e. The van der Waals surface area contributed by atoms with Crippen molar-refractivity contribution in [2.45, 2.75) is 59.1 Å². The number of ether oxygens (including phenoxy) is 1. The van der Waals surface area contributed by atoms with Crippen molar-refractivity contribution in [1.82, 2.24) is 15.8 Å². The lowest BCUT2D eigenvalue weighted by Gasteiger charge is -2.14. The van der Waals surface area contributed by atoms with Crippen LogP contribution in [0, 0.1) is 0 Å². The molecular formula is C16H29IN4O2. The predicted molar refractivity (Wildman–Crippen MR) is 102 cm³/mol. The number of halogens is 1. The van der Waals surface area contributed by atoms with Gasteiger partial charge in [-0.05, 0) is 26.2 Å². The fourth-order valence-electron chi connectivity index (χ4n) is 2.63. The van der Waals surface area contributed by atoms with E-state index in [9.17, 15) is 0 Å². The molecule has 0 spiro atoms. The van der Waals surface area contributed by atoms with Crippen LogP contribution in [0.2, 0.25) is 0 Å². The summed E-state index contributed by atoms with van der Waals surface area (Å²) in [5.41, 5.74) is 2.13. The van der Waals surface area contributed by atoms with Gasteiger partial charge in [-0.15, -0.1) is 24.0 Å². The van der Waals surface area contributed by atoms with Gasteiger partial charge in [-0.25, -0.2) is 4.99 Å². The molecule has 1 unspecified atom stereocenters. The van der Waals surface area contributed by atoms with Crippen molar-refractivity contribution in [1.29, 1.82) is 0 Å². The van der Waals surface area contributed by atoms with E-state index in [0.717, 1.165) is 68.4 Å². The van der Waals surface area contributed by atoms with Gasteiger partial charge in [-0.1, -0.05) is 19.0 Å². The van der Waals surface area contributed by atoms with Crippen LogP contribution in [0.1, 0.15) is 50.6 Å². The maximum atomic E-state index is 5.63. The quantitative estimate of drug-likeness (QED) is 0.391. The molecule has 2 rings (SSSR count). The highest BCUT2D eigenvalue weighted by atomic mass is 127. The number of hydrogen-bond acceptors (Lipinski definition) is 4. The third-order valence-corrected chi connectivity index (χ3v) is 3.87. The van der Waals surface area contributed by atoms with E-state index >= 15 is 0 Å². The SMILES string of the molecule is CCNC(=NCc1c(CC)noc1CC)NCC1CCCO1.I. The van der Waals surface area contributed by atoms with Crippen LogP contribution in [0.4, 0.5) is 0 Å². The van der Waals surface area contributed by atoms with Gasteiger partial charge in [-0.3, -0.25) is 0 Å². The molecule has 1 aromatic rings. The third-order valence-electron chi connectivity index (χ3n) is 3.87. The molecule has 1 saturated heterocycles. The number of aliphatic imine (C=N–C) groups is 1. The van der Waals surface area contributed by atoms with E-state index in [1.807, 2.05) is 0 Å². The van der Waals surface area contributed by atoms with Gasteiger partial charge < -0.3 is 19.9 Å². The summed E-state index contributed by atoms with van der Waals surface area (Å²) in [6.07, 6.45) is 4.29. The minimum atomic E-state index is 0. The Morgan fingerprint density at radius 2 is 2.09 bits per heavy atom. The highest BCUT2D eigenvalue weighted by Crippen LogP contribution is 2.16. The lowest BCUT2D eigenvalue weighted by Crippen LogP contribution is -2.41. The van der Waals surface area contributed by atoms with Crippen molar-refractivity contribution in [3.8, 4) is 0 Å². The van der Waals surface area contributed by atoms with Crippen molar-refractivity contribution in [3.63, 3.8) is 0 Å². The van der Waals surface area contributed by atoms with Gasteiger partial charge in [0.1, 0.15) is 5.76 Å². The second kappa shape index (κ2) is 10.9. The van der Waals surface area contributed by atoms with Gasteiger partial charge >= 0.3 is 0 Å². The Hall–Kier alpha value is -0.830. The Labute approximate surface area is 155 Å². The summed E-state index contributed by atoms with van der Waals surface area (Å²) < 4.78 is 11.0. The van der Waals surface area contributed by atoms with Gasteiger partial charge in [0, 0.05) is 31.7 Å². The maximum Gasteiger partial charge on any atom is 0.191 e. The minimum absolute atomic E-state index is 0. The molecule has 0 amide bonds. The van der Waals surface area contributed by atoms with Crippen molar-refractivity contribution < 1.29 is 9.26 Å². The fourth-order valence-corrected chi connectivity index (χ4v) is 2.63. The van der Waals surface area contributed by atoms with E-state index in [1.165, 1.54) is 0 Å². The number of nitrogens with zero attached hydrogens (tertiary/aromatic N) is 2. The van der Waals surface area contributed by atoms with Crippen LogP contribution in [0.15, 0.2) is 9.52 Å². The average molecular weight is 436 g/mol. The molecule has 2 heterocycles. The molecule has 0 aromatic carbocycles. The van der Waals surface area contributed by atoms with Gasteiger partial charge in [0.2, 0.25) is 0 Å². The van der Waals surface area contributed by atoms with Crippen LogP contribution in [-0.4, -0.2) is 36.9 Å². The van der Waals surface area contributed by atoms with Gasteiger partial charge in [0.25, 0.3) is 0 Å². The number of aryl methyl sites for hydroxylation is 2. The largest absolute Gasteiger partial charge is 0.376 e. The summed E-state index contributed by atoms with van der Waals surface area (Å²) in [6, 6.07) is 0. The number of nitrogens with one attached hydrogen (secondary N) is 2. The van der Waals surface area contributed by atoms with E-state index < -0.39 is 0 Å². The Morgan fingerprint density at radius 1 is 1.26 bits per heavy atom. The van der Waals surface area contributed by atoms with E-state index in [0.29, 0.717) is 12.6 Å². The molecule has 23 heavy (non-hydrogen) atoms. The molecule has 0 bridgehead atoms. The topological polar surface area (TPSA) is 71.7 Å². The molecule has 1 atom stereocenters. The molecule has 1 fully saturated rings. The van der Waals surface area contributed by atoms with Gasteiger partial charge in [0.15, 0.2) is 5.96 Å². The maximum absolute atomic E-state index is 5.63. The van der Waals surface area contributed by atoms with E-state index in [4.69, 9.17) is 9.26 Å². The summed E-state index contributed by atoms with van der Waals surface area (Å²) in [5, 5.41) is 10.8. The molecule has 0 radical (unpaired) electrons. The predicted octanol–water partition coefficient (Wildman–Crippen LogP) is 2.65. The van der Waals surface area contributed by atoms with Crippen LogP contribution in [0.5, 0.6) is 0 Å². The van der Waals surface area contributed by atoms with Crippen molar-refractivity contribution >= 4 is 29.9 Å². The molecule has 0 aliphatic carbocycles. The zero-order valence-electron chi connectivity index (χ0n) is 14.4. The zero-order valence-corrected chi connectivity index (χ0v) is 16.7. The molecule has 0 saturated carbocycles. The van der Waals surface area contributed by atoms with Crippen LogP contribution < -0.4 is 10.6 Å². The number of rotatable bonds is 7. The van der Waals surface area contributed by atoms with Crippen LogP contribution in [0.25, 0.3) is 0 Å². The Kier molecular flexibility index (Phi) is 9.54. The first kappa shape index (κ1) is 20.2. The first-order valence-electron chi connectivity index (χ1n) is 8.38. The van der Waals surface area contributed by atoms with Crippen molar-refractivity contribution in [2.24, 2.45) is 4.99 Å². The van der Waals surface area contributed by atoms with E-state index in [2.05, 4.69) is 41.6 Å². The zero-order chi connectivity index (χ0) is 15.8. The number of aromatic nitrogens is 1. The highest BCUT2D eigenvalue weighted by molar-refractivity contribution is 14.0. The second-order valence-corrected chi connectivity index (χ2v) is 5.45. The van der Waals surface area contributed by atoms with Crippen LogP contribution in [-0.2, 0) is 24.1 Å². The molecule has 1 aromatic heterocycles. The first-order valence-corrected chi connectivity index (χ1v) is 8.38. The molecule has 1 aliphatic rings. The van der Waals surface area contributed by atoms with Crippen LogP contribution >= 0.6 is 24.0 Å². The van der Waals surface area contributed by atoms with Crippen LogP contribution in [0.3, 0.4) is 0 Å². The van der Waals surface area contributed by atoms with Gasteiger partial charge in [0.05, 0.1) is 18.3 Å².